The van der Waals surface area contributed by atoms with E-state index in [-0.39, 0.29) is 37.3 Å². The molecule has 304 valence electrons. The minimum absolute atomic E-state index is 0. The molecule has 0 radical (unpaired) electrons. The Kier molecular flexibility index (Phi) is 10.5. The normalized spacial score (nSPS) is 12.3. The van der Waals surface area contributed by atoms with Gasteiger partial charge in [0.25, 0.3) is 6.33 Å². The molecular formula is C54H50N4OPt-2. The zero-order valence-corrected chi connectivity index (χ0v) is 38.1. The van der Waals surface area contributed by atoms with E-state index in [1.54, 1.807) is 0 Å². The van der Waals surface area contributed by atoms with E-state index < -0.39 is 0 Å². The molecule has 60 heavy (non-hydrogen) atoms. The van der Waals surface area contributed by atoms with Gasteiger partial charge in [0.15, 0.2) is 0 Å². The third-order valence-electron chi connectivity index (χ3n) is 11.3. The Labute approximate surface area is 368 Å². The molecule has 0 atom stereocenters. The van der Waals surface area contributed by atoms with Crippen LogP contribution in [0.25, 0.3) is 61.2 Å². The van der Waals surface area contributed by atoms with E-state index in [9.17, 15) is 0 Å². The van der Waals surface area contributed by atoms with E-state index in [0.29, 0.717) is 11.5 Å². The quantitative estimate of drug-likeness (QED) is 0.123. The third-order valence-corrected chi connectivity index (χ3v) is 11.3. The Hall–Kier alpha value is -5.77. The van der Waals surface area contributed by atoms with Gasteiger partial charge in [0, 0.05) is 44.3 Å². The molecule has 0 saturated carbocycles. The number of ether oxygens (including phenoxy) is 1. The zero-order valence-electron chi connectivity index (χ0n) is 35.8. The number of benzene rings is 6. The minimum Gasteiger partial charge on any atom is -0.510 e. The van der Waals surface area contributed by atoms with E-state index in [4.69, 9.17) is 9.72 Å². The van der Waals surface area contributed by atoms with Crippen molar-refractivity contribution in [3.05, 3.63) is 175 Å². The molecule has 0 spiro atoms. The van der Waals surface area contributed by atoms with Crippen LogP contribution in [0.1, 0.15) is 79.0 Å². The van der Waals surface area contributed by atoms with Crippen LogP contribution in [0, 0.1) is 18.5 Å². The molecule has 3 aromatic heterocycles. The number of hydrogen-bond donors (Lipinski definition) is 0. The molecule has 0 bridgehead atoms. The molecule has 0 aliphatic heterocycles. The SMILES string of the molecule is CC(C)(C)c1cccc(-c2cccc(C(C)(C)C)c2-[n+]2[c-]n(-c3[c-]c(Oc4[c-]c5c(cc4)c4ccccc4n5-c4cc(C(C)(C)C)ccn4)ccc3)c3ccccc32)c1.[Pt]. The number of pyridine rings is 1. The van der Waals surface area contributed by atoms with Crippen molar-refractivity contribution in [2.75, 3.05) is 0 Å². The number of nitrogens with zero attached hydrogens (tertiary/aromatic N) is 4. The van der Waals surface area contributed by atoms with Crippen LogP contribution in [-0.4, -0.2) is 14.1 Å². The van der Waals surface area contributed by atoms with E-state index in [2.05, 4.69) is 210 Å². The van der Waals surface area contributed by atoms with Gasteiger partial charge in [0.1, 0.15) is 5.82 Å². The Balaban J connectivity index is 0.00000499. The van der Waals surface area contributed by atoms with E-state index in [1.165, 1.54) is 22.3 Å². The average molecular weight is 966 g/mol. The first-order chi connectivity index (χ1) is 28.1. The van der Waals surface area contributed by atoms with E-state index in [0.717, 1.165) is 55.6 Å². The molecule has 0 fully saturated rings. The van der Waals surface area contributed by atoms with Crippen molar-refractivity contribution in [2.24, 2.45) is 0 Å². The van der Waals surface area contributed by atoms with Gasteiger partial charge in [0.05, 0.1) is 16.7 Å². The zero-order chi connectivity index (χ0) is 41.3. The number of hydrogen-bond acceptors (Lipinski definition) is 2. The second kappa shape index (κ2) is 15.4. The Morgan fingerprint density at radius 3 is 2.03 bits per heavy atom. The monoisotopic (exact) mass is 965 g/mol. The minimum atomic E-state index is -0.133. The van der Waals surface area contributed by atoms with Crippen LogP contribution in [0.2, 0.25) is 0 Å². The molecule has 6 aromatic carbocycles. The molecule has 0 unspecified atom stereocenters. The fraction of sp³-hybridized carbons (Fsp3) is 0.222. The Bertz CT molecular complexity index is 3040. The van der Waals surface area contributed by atoms with Crippen molar-refractivity contribution in [1.29, 1.82) is 0 Å². The average Bonchev–Trinajstić information content (AvgIpc) is 3.76. The van der Waals surface area contributed by atoms with Crippen molar-refractivity contribution >= 4 is 32.8 Å². The van der Waals surface area contributed by atoms with Crippen molar-refractivity contribution < 1.29 is 30.4 Å². The number of imidazole rings is 1. The summed E-state index contributed by atoms with van der Waals surface area (Å²) in [6.45, 7) is 20.3. The van der Waals surface area contributed by atoms with Crippen molar-refractivity contribution in [2.45, 2.75) is 78.6 Å². The van der Waals surface area contributed by atoms with Gasteiger partial charge in [-0.25, -0.2) is 4.98 Å². The van der Waals surface area contributed by atoms with Gasteiger partial charge in [-0.15, -0.1) is 29.7 Å². The molecule has 0 aliphatic carbocycles. The summed E-state index contributed by atoms with van der Waals surface area (Å²) in [4.78, 5) is 4.85. The fourth-order valence-corrected chi connectivity index (χ4v) is 8.10. The molecule has 0 saturated heterocycles. The summed E-state index contributed by atoms with van der Waals surface area (Å²) in [5.41, 5.74) is 12.0. The van der Waals surface area contributed by atoms with Gasteiger partial charge in [-0.05, 0) is 73.3 Å². The van der Waals surface area contributed by atoms with Crippen LogP contribution >= 0.6 is 0 Å². The van der Waals surface area contributed by atoms with Gasteiger partial charge in [-0.2, -0.15) is 18.2 Å². The number of rotatable bonds is 6. The molecule has 9 rings (SSSR count). The van der Waals surface area contributed by atoms with Gasteiger partial charge in [0.2, 0.25) is 0 Å². The van der Waals surface area contributed by atoms with Crippen LogP contribution in [0.5, 0.6) is 11.5 Å². The van der Waals surface area contributed by atoms with Crippen molar-refractivity contribution in [1.82, 2.24) is 14.1 Å². The second-order valence-electron chi connectivity index (χ2n) is 18.6. The maximum Gasteiger partial charge on any atom is 0.268 e. The second-order valence-corrected chi connectivity index (χ2v) is 18.6. The molecule has 0 aliphatic rings. The predicted molar refractivity (Wildman–Crippen MR) is 242 cm³/mol. The summed E-state index contributed by atoms with van der Waals surface area (Å²) in [6.07, 6.45) is 5.69. The summed E-state index contributed by atoms with van der Waals surface area (Å²) in [5.74, 6) is 2.03. The summed E-state index contributed by atoms with van der Waals surface area (Å²) in [7, 11) is 0. The molecule has 9 aromatic rings. The van der Waals surface area contributed by atoms with Gasteiger partial charge in [-0.3, -0.25) is 4.57 Å². The third kappa shape index (κ3) is 7.50. The van der Waals surface area contributed by atoms with Crippen LogP contribution in [0.4, 0.5) is 0 Å². The predicted octanol–water partition coefficient (Wildman–Crippen LogP) is 13.1. The molecule has 3 heterocycles. The maximum atomic E-state index is 6.62. The Morgan fingerprint density at radius 2 is 1.27 bits per heavy atom. The van der Waals surface area contributed by atoms with E-state index >= 15 is 0 Å². The number of aromatic nitrogens is 4. The summed E-state index contributed by atoms with van der Waals surface area (Å²) < 4.78 is 13.1. The smallest absolute Gasteiger partial charge is 0.268 e. The molecular weight excluding hydrogens is 916 g/mol. The maximum absolute atomic E-state index is 6.62. The molecule has 6 heteroatoms. The van der Waals surface area contributed by atoms with Crippen LogP contribution in [-0.2, 0) is 37.3 Å². The molecule has 0 amide bonds. The summed E-state index contributed by atoms with van der Waals surface area (Å²) >= 11 is 0. The Morgan fingerprint density at radius 1 is 0.583 bits per heavy atom. The largest absolute Gasteiger partial charge is 0.510 e. The van der Waals surface area contributed by atoms with Crippen LogP contribution < -0.4 is 9.30 Å². The van der Waals surface area contributed by atoms with Gasteiger partial charge in [-0.1, -0.05) is 153 Å². The van der Waals surface area contributed by atoms with Gasteiger partial charge >= 0.3 is 0 Å². The first kappa shape index (κ1) is 41.0. The summed E-state index contributed by atoms with van der Waals surface area (Å²) in [6, 6.07) is 54.2. The standard InChI is InChI=1S/C54H50N4O.Pt/c1-52(2,3)37-18-14-17-36(31-37)42-22-16-23-45(54(7,8)9)51(42)57-35-56(47-25-12-13-26-48(47)57)39-19-15-20-40(33-39)59-41-27-28-44-43-21-10-11-24-46(43)58(49(44)34-41)50-32-38(29-30-55-50)53(4,5)6;/h10-32H,1-9H3;/q-2;. The fourth-order valence-electron chi connectivity index (χ4n) is 8.10. The molecule has 5 nitrogen and oxygen atoms in total. The van der Waals surface area contributed by atoms with Crippen molar-refractivity contribution in [3.63, 3.8) is 0 Å². The number of para-hydroxylation sites is 4. The first-order valence-corrected chi connectivity index (χ1v) is 20.5. The summed E-state index contributed by atoms with van der Waals surface area (Å²) in [5, 5.41) is 2.23. The number of fused-ring (bicyclic) bond motifs is 4. The van der Waals surface area contributed by atoms with Gasteiger partial charge < -0.3 is 13.9 Å². The van der Waals surface area contributed by atoms with Crippen LogP contribution in [0.15, 0.2) is 140 Å². The van der Waals surface area contributed by atoms with E-state index in [1.807, 2.05) is 24.4 Å². The topological polar surface area (TPSA) is 35.9 Å². The van der Waals surface area contributed by atoms with Crippen LogP contribution in [0.3, 0.4) is 0 Å². The first-order valence-electron chi connectivity index (χ1n) is 20.5. The van der Waals surface area contributed by atoms with Crippen molar-refractivity contribution in [3.8, 4) is 39.8 Å². The molecule has 0 N–H and O–H groups in total.